The van der Waals surface area contributed by atoms with Crippen LogP contribution in [0, 0.1) is 0 Å². The Labute approximate surface area is 123 Å². The Morgan fingerprint density at radius 1 is 1.30 bits per heavy atom. The van der Waals surface area contributed by atoms with Crippen molar-refractivity contribution in [2.75, 3.05) is 7.11 Å². The van der Waals surface area contributed by atoms with Gasteiger partial charge in [-0.25, -0.2) is 4.79 Å². The molecule has 1 heterocycles. The van der Waals surface area contributed by atoms with Gasteiger partial charge in [0.05, 0.1) is 7.11 Å². The third kappa shape index (κ3) is 2.32. The van der Waals surface area contributed by atoms with Gasteiger partial charge in [0.15, 0.2) is 11.9 Å². The van der Waals surface area contributed by atoms with Gasteiger partial charge in [-0.2, -0.15) is 0 Å². The summed E-state index contributed by atoms with van der Waals surface area (Å²) < 4.78 is 16.9. The molecule has 5 heteroatoms. The Morgan fingerprint density at radius 2 is 2.00 bits per heavy atom. The molecule has 4 nitrogen and oxygen atoms in total. The van der Waals surface area contributed by atoms with Crippen molar-refractivity contribution in [1.82, 2.24) is 0 Å². The SMILES string of the molecule is COC(=O)C1OC2(CCCC2)O[C@@H]1c1ccccc1Cl. The molecule has 0 radical (unpaired) electrons. The van der Waals surface area contributed by atoms with E-state index in [0.29, 0.717) is 5.02 Å². The Balaban J connectivity index is 1.94. The van der Waals surface area contributed by atoms with Crippen LogP contribution < -0.4 is 0 Å². The van der Waals surface area contributed by atoms with E-state index in [1.54, 1.807) is 6.07 Å². The molecule has 2 fully saturated rings. The number of carbonyl (C=O) groups excluding carboxylic acids is 1. The largest absolute Gasteiger partial charge is 0.467 e. The fourth-order valence-corrected chi connectivity index (χ4v) is 3.23. The van der Waals surface area contributed by atoms with Gasteiger partial charge in [-0.3, -0.25) is 0 Å². The normalized spacial score (nSPS) is 27.9. The second-order valence-electron chi connectivity index (χ2n) is 5.24. The van der Waals surface area contributed by atoms with Crippen molar-refractivity contribution in [2.24, 2.45) is 0 Å². The van der Waals surface area contributed by atoms with Crippen molar-refractivity contribution in [3.05, 3.63) is 34.9 Å². The van der Waals surface area contributed by atoms with E-state index in [-0.39, 0.29) is 0 Å². The maximum absolute atomic E-state index is 12.0. The second kappa shape index (κ2) is 5.35. The van der Waals surface area contributed by atoms with E-state index >= 15 is 0 Å². The summed E-state index contributed by atoms with van der Waals surface area (Å²) in [6.07, 6.45) is 2.45. The molecule has 1 aromatic carbocycles. The first-order valence-electron chi connectivity index (χ1n) is 6.83. The predicted octanol–water partition coefficient (Wildman–Crippen LogP) is 3.24. The zero-order valence-electron chi connectivity index (χ0n) is 11.3. The second-order valence-corrected chi connectivity index (χ2v) is 5.65. The first-order valence-corrected chi connectivity index (χ1v) is 7.21. The van der Waals surface area contributed by atoms with Crippen molar-refractivity contribution in [2.45, 2.75) is 43.7 Å². The minimum absolute atomic E-state index is 0.418. The highest BCUT2D eigenvalue weighted by Gasteiger charge is 2.53. The molecule has 0 aromatic heterocycles. The lowest BCUT2D eigenvalue weighted by molar-refractivity contribution is -0.180. The van der Waals surface area contributed by atoms with Crippen molar-refractivity contribution in [1.29, 1.82) is 0 Å². The molecule has 1 aromatic rings. The molecule has 2 aliphatic rings. The Hall–Kier alpha value is -1.10. The number of rotatable bonds is 2. The van der Waals surface area contributed by atoms with Crippen molar-refractivity contribution >= 4 is 17.6 Å². The highest BCUT2D eigenvalue weighted by atomic mass is 35.5. The summed E-state index contributed by atoms with van der Waals surface area (Å²) >= 11 is 6.22. The summed E-state index contributed by atoms with van der Waals surface area (Å²) in [7, 11) is 1.36. The standard InChI is InChI=1S/C15H17ClO4/c1-18-14(17)13-12(10-6-2-3-7-11(10)16)19-15(20-13)8-4-5-9-15/h2-3,6-7,12-13H,4-5,8-9H2,1H3/t12-,13?/m1/s1. The monoisotopic (exact) mass is 296 g/mol. The number of esters is 1. The van der Waals surface area contributed by atoms with E-state index in [1.165, 1.54) is 7.11 Å². The molecule has 0 N–H and O–H groups in total. The van der Waals surface area contributed by atoms with Gasteiger partial charge in [0.25, 0.3) is 0 Å². The minimum atomic E-state index is -0.752. The molecule has 0 amide bonds. The van der Waals surface area contributed by atoms with Gasteiger partial charge in [0.1, 0.15) is 6.10 Å². The summed E-state index contributed by atoms with van der Waals surface area (Å²) in [5.74, 6) is -1.07. The summed E-state index contributed by atoms with van der Waals surface area (Å²) in [5, 5.41) is 0.574. The number of hydrogen-bond acceptors (Lipinski definition) is 4. The summed E-state index contributed by atoms with van der Waals surface area (Å²) in [6, 6.07) is 7.37. The van der Waals surface area contributed by atoms with Crippen LogP contribution in [-0.2, 0) is 19.0 Å². The first kappa shape index (κ1) is 13.9. The van der Waals surface area contributed by atoms with Crippen LogP contribution in [0.5, 0.6) is 0 Å². The van der Waals surface area contributed by atoms with Crippen LogP contribution in [0.15, 0.2) is 24.3 Å². The lowest BCUT2D eigenvalue weighted by Crippen LogP contribution is -2.30. The molecule has 2 atom stereocenters. The quantitative estimate of drug-likeness (QED) is 0.786. The third-order valence-corrected chi connectivity index (χ3v) is 4.31. The lowest BCUT2D eigenvalue weighted by Gasteiger charge is -2.21. The molecule has 1 aliphatic heterocycles. The fourth-order valence-electron chi connectivity index (χ4n) is 2.98. The smallest absolute Gasteiger partial charge is 0.338 e. The number of benzene rings is 1. The van der Waals surface area contributed by atoms with E-state index < -0.39 is 24.0 Å². The zero-order chi connectivity index (χ0) is 14.2. The molecule has 0 bridgehead atoms. The molecule has 1 aliphatic carbocycles. The zero-order valence-corrected chi connectivity index (χ0v) is 12.1. The van der Waals surface area contributed by atoms with E-state index in [1.807, 2.05) is 18.2 Å². The van der Waals surface area contributed by atoms with Crippen molar-refractivity contribution in [3.63, 3.8) is 0 Å². The van der Waals surface area contributed by atoms with Crippen molar-refractivity contribution < 1.29 is 19.0 Å². The highest BCUT2D eigenvalue weighted by molar-refractivity contribution is 6.31. The molecule has 1 unspecified atom stereocenters. The van der Waals surface area contributed by atoms with Crippen LogP contribution in [-0.4, -0.2) is 25.0 Å². The van der Waals surface area contributed by atoms with Crippen LogP contribution in [0.3, 0.4) is 0 Å². The van der Waals surface area contributed by atoms with E-state index in [9.17, 15) is 4.79 Å². The van der Waals surface area contributed by atoms with Gasteiger partial charge in [-0.1, -0.05) is 29.8 Å². The summed E-state index contributed by atoms with van der Waals surface area (Å²) in [5.41, 5.74) is 0.772. The molecular formula is C15H17ClO4. The van der Waals surface area contributed by atoms with E-state index in [2.05, 4.69) is 0 Å². The number of carbonyl (C=O) groups is 1. The number of halogens is 1. The minimum Gasteiger partial charge on any atom is -0.467 e. The van der Waals surface area contributed by atoms with Crippen LogP contribution in [0.2, 0.25) is 5.02 Å². The lowest BCUT2D eigenvalue weighted by atomic mass is 10.0. The molecule has 1 saturated heterocycles. The van der Waals surface area contributed by atoms with Gasteiger partial charge in [0.2, 0.25) is 0 Å². The summed E-state index contributed by atoms with van der Waals surface area (Å²) in [4.78, 5) is 12.0. The number of ether oxygens (including phenoxy) is 3. The maximum atomic E-state index is 12.0. The summed E-state index contributed by atoms with van der Waals surface area (Å²) in [6.45, 7) is 0. The molecule has 108 valence electrons. The molecule has 1 saturated carbocycles. The van der Waals surface area contributed by atoms with Gasteiger partial charge in [0, 0.05) is 23.4 Å². The Morgan fingerprint density at radius 3 is 2.65 bits per heavy atom. The van der Waals surface area contributed by atoms with Crippen LogP contribution in [0.1, 0.15) is 37.4 Å². The number of methoxy groups -OCH3 is 1. The predicted molar refractivity (Wildman–Crippen MR) is 73.4 cm³/mol. The van der Waals surface area contributed by atoms with Gasteiger partial charge < -0.3 is 14.2 Å². The van der Waals surface area contributed by atoms with E-state index in [4.69, 9.17) is 25.8 Å². The molecule has 1 spiro atoms. The van der Waals surface area contributed by atoms with E-state index in [0.717, 1.165) is 31.2 Å². The first-order chi connectivity index (χ1) is 9.65. The third-order valence-electron chi connectivity index (χ3n) is 3.97. The average molecular weight is 297 g/mol. The molecular weight excluding hydrogens is 280 g/mol. The highest BCUT2D eigenvalue weighted by Crippen LogP contribution is 2.48. The Kier molecular flexibility index (Phi) is 3.71. The molecule has 3 rings (SSSR count). The van der Waals surface area contributed by atoms with Crippen LogP contribution in [0.25, 0.3) is 0 Å². The van der Waals surface area contributed by atoms with Gasteiger partial charge in [-0.15, -0.1) is 0 Å². The topological polar surface area (TPSA) is 44.8 Å². The Bertz CT molecular complexity index is 510. The van der Waals surface area contributed by atoms with Gasteiger partial charge >= 0.3 is 5.97 Å². The average Bonchev–Trinajstić information content (AvgIpc) is 3.07. The van der Waals surface area contributed by atoms with Crippen LogP contribution >= 0.6 is 11.6 Å². The van der Waals surface area contributed by atoms with Crippen molar-refractivity contribution in [3.8, 4) is 0 Å². The fraction of sp³-hybridized carbons (Fsp3) is 0.533. The maximum Gasteiger partial charge on any atom is 0.338 e. The van der Waals surface area contributed by atoms with Gasteiger partial charge in [-0.05, 0) is 18.9 Å². The van der Waals surface area contributed by atoms with Crippen LogP contribution in [0.4, 0.5) is 0 Å². The number of hydrogen-bond donors (Lipinski definition) is 0. The molecule has 20 heavy (non-hydrogen) atoms.